The van der Waals surface area contributed by atoms with Crippen LogP contribution in [0.15, 0.2) is 18.2 Å². The van der Waals surface area contributed by atoms with Gasteiger partial charge in [-0.05, 0) is 23.7 Å². The fraction of sp³-hybridized carbons (Fsp3) is 0.562. The minimum Gasteiger partial charge on any atom is -0.407 e. The Morgan fingerprint density at radius 2 is 1.96 bits per heavy atom. The third kappa shape index (κ3) is 6.82. The van der Waals surface area contributed by atoms with Crippen LogP contribution >= 0.6 is 21.6 Å². The van der Waals surface area contributed by atoms with Gasteiger partial charge in [0, 0.05) is 48.8 Å². The summed E-state index contributed by atoms with van der Waals surface area (Å²) in [6, 6.07) is 4.19. The summed E-state index contributed by atoms with van der Waals surface area (Å²) >= 11 is 0. The molecule has 3 N–H and O–H groups in total. The summed E-state index contributed by atoms with van der Waals surface area (Å²) < 4.78 is 25.2. The van der Waals surface area contributed by atoms with E-state index >= 15 is 0 Å². The summed E-state index contributed by atoms with van der Waals surface area (Å²) in [5.41, 5.74) is 6.14. The van der Waals surface area contributed by atoms with Gasteiger partial charge in [0.2, 0.25) is 0 Å². The number of amides is 1. The van der Waals surface area contributed by atoms with Crippen LogP contribution in [0.5, 0.6) is 0 Å². The lowest BCUT2D eigenvalue weighted by atomic mass is 9.75. The smallest absolute Gasteiger partial charge is 0.407 e. The lowest BCUT2D eigenvalue weighted by Gasteiger charge is -2.33. The first-order chi connectivity index (χ1) is 11.9. The van der Waals surface area contributed by atoms with Crippen molar-refractivity contribution in [2.75, 3.05) is 37.8 Å². The van der Waals surface area contributed by atoms with E-state index in [1.165, 1.54) is 12.1 Å². The molecule has 0 bridgehead atoms. The molecule has 0 atom stereocenters. The number of nitrogens with two attached hydrogens (primary N) is 1. The standard InChI is InChI=1S/C16H24BFN2O3S2/c1-16(2)10-22-17(23-11-16)13-7-12(8-14(18)9-13)15(21)20-4-6-25-24-5-3-19/h7-9H,3-6,10-11,19H2,1-2H3,(H,20,21). The molecule has 1 aliphatic rings. The van der Waals surface area contributed by atoms with Gasteiger partial charge in [-0.15, -0.1) is 0 Å². The van der Waals surface area contributed by atoms with Crippen molar-refractivity contribution < 1.29 is 18.5 Å². The zero-order chi connectivity index (χ0) is 18.3. The van der Waals surface area contributed by atoms with Crippen LogP contribution in [0.1, 0.15) is 24.2 Å². The van der Waals surface area contributed by atoms with Crippen LogP contribution in [0, 0.1) is 11.2 Å². The number of hydrogen-bond acceptors (Lipinski definition) is 6. The van der Waals surface area contributed by atoms with E-state index < -0.39 is 12.9 Å². The highest BCUT2D eigenvalue weighted by molar-refractivity contribution is 8.76. The van der Waals surface area contributed by atoms with Crippen LogP contribution in [0.3, 0.4) is 0 Å². The molecule has 138 valence electrons. The third-order valence-electron chi connectivity index (χ3n) is 3.46. The molecule has 0 radical (unpaired) electrons. The molecule has 0 saturated carbocycles. The van der Waals surface area contributed by atoms with Gasteiger partial charge in [-0.3, -0.25) is 4.79 Å². The maximum absolute atomic E-state index is 13.9. The minimum absolute atomic E-state index is 0.0659. The van der Waals surface area contributed by atoms with Crippen LogP contribution < -0.4 is 16.5 Å². The van der Waals surface area contributed by atoms with Crippen molar-refractivity contribution in [1.82, 2.24) is 5.32 Å². The summed E-state index contributed by atoms with van der Waals surface area (Å²) in [5.74, 6) is 0.862. The number of rotatable bonds is 8. The Labute approximate surface area is 156 Å². The average Bonchev–Trinajstić information content (AvgIpc) is 2.57. The largest absolute Gasteiger partial charge is 0.494 e. The average molecular weight is 386 g/mol. The highest BCUT2D eigenvalue weighted by atomic mass is 33.1. The highest BCUT2D eigenvalue weighted by Crippen LogP contribution is 2.22. The van der Waals surface area contributed by atoms with Crippen LogP contribution in [0.2, 0.25) is 0 Å². The second-order valence-corrected chi connectivity index (χ2v) is 9.28. The molecular formula is C16H24BFN2O3S2. The minimum atomic E-state index is -0.640. The molecule has 0 aliphatic carbocycles. The van der Waals surface area contributed by atoms with Gasteiger partial charge in [0.05, 0.1) is 0 Å². The Kier molecular flexibility index (Phi) is 8.08. The van der Waals surface area contributed by atoms with Crippen molar-refractivity contribution in [2.45, 2.75) is 13.8 Å². The van der Waals surface area contributed by atoms with Gasteiger partial charge in [-0.1, -0.05) is 35.4 Å². The molecular weight excluding hydrogens is 362 g/mol. The van der Waals surface area contributed by atoms with Gasteiger partial charge in [0.15, 0.2) is 0 Å². The van der Waals surface area contributed by atoms with E-state index in [0.717, 1.165) is 11.5 Å². The molecule has 1 aromatic carbocycles. The highest BCUT2D eigenvalue weighted by Gasteiger charge is 2.34. The number of halogens is 1. The molecule has 0 aromatic heterocycles. The van der Waals surface area contributed by atoms with E-state index in [9.17, 15) is 9.18 Å². The quantitative estimate of drug-likeness (QED) is 0.402. The number of benzene rings is 1. The van der Waals surface area contributed by atoms with Gasteiger partial charge in [0.25, 0.3) is 5.91 Å². The SMILES string of the molecule is CC1(C)COB(c2cc(F)cc(C(=O)NCCSSCCN)c2)OC1. The first-order valence-corrected chi connectivity index (χ1v) is 10.7. The molecule has 25 heavy (non-hydrogen) atoms. The van der Waals surface area contributed by atoms with E-state index in [1.807, 2.05) is 13.8 Å². The second-order valence-electron chi connectivity index (χ2n) is 6.58. The normalized spacial score (nSPS) is 16.7. The van der Waals surface area contributed by atoms with Crippen molar-refractivity contribution in [1.29, 1.82) is 0 Å². The zero-order valence-electron chi connectivity index (χ0n) is 14.5. The van der Waals surface area contributed by atoms with E-state index in [4.69, 9.17) is 15.0 Å². The van der Waals surface area contributed by atoms with Crippen LogP contribution in [-0.2, 0) is 9.31 Å². The predicted octanol–water partition coefficient (Wildman–Crippen LogP) is 1.66. The van der Waals surface area contributed by atoms with Crippen LogP contribution in [0.4, 0.5) is 4.39 Å². The first kappa shape index (κ1) is 20.6. The van der Waals surface area contributed by atoms with E-state index in [1.54, 1.807) is 27.7 Å². The van der Waals surface area contributed by atoms with E-state index in [-0.39, 0.29) is 16.9 Å². The Bertz CT molecular complexity index is 582. The number of carbonyl (C=O) groups is 1. The molecule has 1 aromatic rings. The van der Waals surface area contributed by atoms with Gasteiger partial charge in [0.1, 0.15) is 5.82 Å². The van der Waals surface area contributed by atoms with Crippen molar-refractivity contribution in [3.8, 4) is 0 Å². The molecule has 9 heteroatoms. The Hall–Kier alpha value is -0.735. The maximum atomic E-state index is 13.9. The number of carbonyl (C=O) groups excluding carboxylic acids is 1. The zero-order valence-corrected chi connectivity index (χ0v) is 16.2. The Morgan fingerprint density at radius 1 is 1.28 bits per heavy atom. The van der Waals surface area contributed by atoms with Crippen molar-refractivity contribution in [2.24, 2.45) is 11.1 Å². The van der Waals surface area contributed by atoms with Crippen LogP contribution in [-0.4, -0.2) is 50.8 Å². The molecule has 1 aliphatic heterocycles. The summed E-state index contributed by atoms with van der Waals surface area (Å²) in [6.45, 7) is 6.27. The van der Waals surface area contributed by atoms with E-state index in [0.29, 0.717) is 31.8 Å². The molecule has 0 unspecified atom stereocenters. The molecule has 1 saturated heterocycles. The fourth-order valence-electron chi connectivity index (χ4n) is 2.24. The van der Waals surface area contributed by atoms with E-state index in [2.05, 4.69) is 5.32 Å². The summed E-state index contributed by atoms with van der Waals surface area (Å²) in [7, 11) is 2.68. The fourth-order valence-corrected chi connectivity index (χ4v) is 4.00. The number of nitrogens with one attached hydrogen (secondary N) is 1. The monoisotopic (exact) mass is 386 g/mol. The third-order valence-corrected chi connectivity index (χ3v) is 5.90. The van der Waals surface area contributed by atoms with Gasteiger partial charge >= 0.3 is 7.12 Å². The summed E-state index contributed by atoms with van der Waals surface area (Å²) in [5, 5.41) is 2.79. The summed E-state index contributed by atoms with van der Waals surface area (Å²) in [4.78, 5) is 12.2. The Balaban J connectivity index is 1.91. The van der Waals surface area contributed by atoms with Crippen molar-refractivity contribution >= 4 is 40.1 Å². The van der Waals surface area contributed by atoms with Gasteiger partial charge < -0.3 is 20.4 Å². The maximum Gasteiger partial charge on any atom is 0.494 e. The van der Waals surface area contributed by atoms with Gasteiger partial charge in [-0.25, -0.2) is 4.39 Å². The first-order valence-electron chi connectivity index (χ1n) is 8.18. The second kappa shape index (κ2) is 9.82. The molecule has 1 amide bonds. The van der Waals surface area contributed by atoms with Crippen molar-refractivity contribution in [3.63, 3.8) is 0 Å². The molecule has 5 nitrogen and oxygen atoms in total. The predicted molar refractivity (Wildman–Crippen MR) is 104 cm³/mol. The number of hydrogen-bond donors (Lipinski definition) is 2. The molecule has 1 fully saturated rings. The summed E-state index contributed by atoms with van der Waals surface area (Å²) in [6.07, 6.45) is 0. The lowest BCUT2D eigenvalue weighted by molar-refractivity contribution is 0.0343. The topological polar surface area (TPSA) is 73.6 Å². The molecule has 1 heterocycles. The Morgan fingerprint density at radius 3 is 2.64 bits per heavy atom. The van der Waals surface area contributed by atoms with Gasteiger partial charge in [-0.2, -0.15) is 0 Å². The molecule has 0 spiro atoms. The lowest BCUT2D eigenvalue weighted by Crippen LogP contribution is -2.47. The van der Waals surface area contributed by atoms with Crippen molar-refractivity contribution in [3.05, 3.63) is 29.6 Å². The molecule has 2 rings (SSSR count). The van der Waals surface area contributed by atoms with Crippen LogP contribution in [0.25, 0.3) is 0 Å².